The normalized spacial score (nSPS) is 29.8. The Hall–Kier alpha value is -0.860. The highest BCUT2D eigenvalue weighted by molar-refractivity contribution is 5.24. The predicted octanol–water partition coefficient (Wildman–Crippen LogP) is 4.05. The van der Waals surface area contributed by atoms with Gasteiger partial charge in [-0.1, -0.05) is 43.7 Å². The van der Waals surface area contributed by atoms with Crippen LogP contribution in [0.2, 0.25) is 0 Å². The van der Waals surface area contributed by atoms with Crippen LogP contribution in [-0.2, 0) is 0 Å². The number of nitrogens with one attached hydrogen (secondary N) is 1. The Morgan fingerprint density at radius 3 is 2.24 bits per heavy atom. The molecule has 0 saturated carbocycles. The first-order valence-electron chi connectivity index (χ1n) is 8.79. The number of aryl methyl sites for hydroxylation is 1. The van der Waals surface area contributed by atoms with Crippen molar-refractivity contribution in [1.82, 2.24) is 10.2 Å². The van der Waals surface area contributed by atoms with Crippen molar-refractivity contribution in [3.63, 3.8) is 0 Å². The zero-order chi connectivity index (χ0) is 14.8. The van der Waals surface area contributed by atoms with Gasteiger partial charge in [0.1, 0.15) is 0 Å². The molecule has 1 aromatic carbocycles. The summed E-state index contributed by atoms with van der Waals surface area (Å²) in [6.07, 6.45) is 6.66. The molecule has 2 nitrogen and oxygen atoms in total. The van der Waals surface area contributed by atoms with Gasteiger partial charge in [-0.15, -0.1) is 0 Å². The van der Waals surface area contributed by atoms with Crippen molar-refractivity contribution in [2.24, 2.45) is 0 Å². The first-order valence-corrected chi connectivity index (χ1v) is 8.79. The number of piperidine rings is 1. The fourth-order valence-electron chi connectivity index (χ4n) is 4.48. The third-order valence-electron chi connectivity index (χ3n) is 5.53. The molecule has 3 atom stereocenters. The second-order valence-corrected chi connectivity index (χ2v) is 6.93. The lowest BCUT2D eigenvalue weighted by molar-refractivity contribution is 0.0967. The van der Waals surface area contributed by atoms with Crippen LogP contribution in [-0.4, -0.2) is 29.6 Å². The molecular formula is C19H30N2. The van der Waals surface area contributed by atoms with Crippen LogP contribution >= 0.6 is 0 Å². The van der Waals surface area contributed by atoms with Crippen LogP contribution in [0.3, 0.4) is 0 Å². The van der Waals surface area contributed by atoms with Crippen LogP contribution in [0.5, 0.6) is 0 Å². The summed E-state index contributed by atoms with van der Waals surface area (Å²) in [5.41, 5.74) is 2.85. The summed E-state index contributed by atoms with van der Waals surface area (Å²) in [7, 11) is 0. The highest BCUT2D eigenvalue weighted by Crippen LogP contribution is 2.35. The second-order valence-electron chi connectivity index (χ2n) is 6.93. The lowest BCUT2D eigenvalue weighted by Gasteiger charge is -2.41. The zero-order valence-corrected chi connectivity index (χ0v) is 13.8. The SMILES string of the molecule is CCC(c1ccc(C)cc1)N(CC)C1CC2CCC(C1)N2. The van der Waals surface area contributed by atoms with Crippen molar-refractivity contribution in [3.05, 3.63) is 35.4 Å². The first kappa shape index (κ1) is 15.1. The molecule has 3 rings (SSSR count). The van der Waals surface area contributed by atoms with Crippen molar-refractivity contribution in [2.75, 3.05) is 6.54 Å². The minimum Gasteiger partial charge on any atom is -0.311 e. The molecule has 2 aliphatic heterocycles. The van der Waals surface area contributed by atoms with Gasteiger partial charge in [-0.25, -0.2) is 0 Å². The Labute approximate surface area is 129 Å². The summed E-state index contributed by atoms with van der Waals surface area (Å²) < 4.78 is 0. The average Bonchev–Trinajstić information content (AvgIpc) is 2.84. The van der Waals surface area contributed by atoms with Gasteiger partial charge in [0.2, 0.25) is 0 Å². The van der Waals surface area contributed by atoms with Crippen molar-refractivity contribution in [2.45, 2.75) is 77.0 Å². The summed E-state index contributed by atoms with van der Waals surface area (Å²) in [5, 5.41) is 3.78. The van der Waals surface area contributed by atoms with Gasteiger partial charge in [-0.05, 0) is 51.1 Å². The minimum atomic E-state index is 0.582. The monoisotopic (exact) mass is 286 g/mol. The highest BCUT2D eigenvalue weighted by atomic mass is 15.2. The number of hydrogen-bond acceptors (Lipinski definition) is 2. The van der Waals surface area contributed by atoms with Crippen LogP contribution in [0.4, 0.5) is 0 Å². The Bertz CT molecular complexity index is 441. The summed E-state index contributed by atoms with van der Waals surface area (Å²) in [6, 6.07) is 12.1. The lowest BCUT2D eigenvalue weighted by atomic mass is 9.93. The smallest absolute Gasteiger partial charge is 0.0348 e. The standard InChI is InChI=1S/C19H30N2/c1-4-19(15-8-6-14(3)7-9-15)21(5-2)18-12-16-10-11-17(13-18)20-16/h6-9,16-20H,4-5,10-13H2,1-3H3. The van der Waals surface area contributed by atoms with E-state index in [4.69, 9.17) is 0 Å². The minimum absolute atomic E-state index is 0.582. The van der Waals surface area contributed by atoms with Gasteiger partial charge in [0, 0.05) is 24.2 Å². The van der Waals surface area contributed by atoms with Gasteiger partial charge in [0.05, 0.1) is 0 Å². The van der Waals surface area contributed by atoms with Crippen molar-refractivity contribution in [1.29, 1.82) is 0 Å². The van der Waals surface area contributed by atoms with E-state index in [1.165, 1.54) is 43.2 Å². The van der Waals surface area contributed by atoms with Gasteiger partial charge in [0.15, 0.2) is 0 Å². The van der Waals surface area contributed by atoms with E-state index < -0.39 is 0 Å². The fraction of sp³-hybridized carbons (Fsp3) is 0.684. The molecule has 2 bridgehead atoms. The van der Waals surface area contributed by atoms with E-state index in [2.05, 4.69) is 55.3 Å². The van der Waals surface area contributed by atoms with Crippen molar-refractivity contribution in [3.8, 4) is 0 Å². The van der Waals surface area contributed by atoms with Crippen LogP contribution in [0.25, 0.3) is 0 Å². The van der Waals surface area contributed by atoms with Crippen LogP contribution in [0.1, 0.15) is 63.1 Å². The highest BCUT2D eigenvalue weighted by Gasteiger charge is 2.37. The third-order valence-corrected chi connectivity index (χ3v) is 5.53. The molecule has 0 aliphatic carbocycles. The van der Waals surface area contributed by atoms with E-state index in [0.717, 1.165) is 24.7 Å². The molecular weight excluding hydrogens is 256 g/mol. The summed E-state index contributed by atoms with van der Waals surface area (Å²) in [4.78, 5) is 2.77. The molecule has 116 valence electrons. The molecule has 1 aromatic rings. The summed E-state index contributed by atoms with van der Waals surface area (Å²) in [6.45, 7) is 8.01. The second kappa shape index (κ2) is 6.50. The quantitative estimate of drug-likeness (QED) is 0.878. The molecule has 2 saturated heterocycles. The molecule has 2 heteroatoms. The summed E-state index contributed by atoms with van der Waals surface area (Å²) in [5.74, 6) is 0. The van der Waals surface area contributed by atoms with E-state index in [9.17, 15) is 0 Å². The molecule has 0 radical (unpaired) electrons. The largest absolute Gasteiger partial charge is 0.311 e. The average molecular weight is 286 g/mol. The molecule has 3 unspecified atom stereocenters. The Morgan fingerprint density at radius 2 is 1.71 bits per heavy atom. The van der Waals surface area contributed by atoms with Gasteiger partial charge in [-0.3, -0.25) is 4.90 Å². The fourth-order valence-corrected chi connectivity index (χ4v) is 4.48. The molecule has 0 amide bonds. The number of fused-ring (bicyclic) bond motifs is 2. The number of rotatable bonds is 5. The molecule has 0 spiro atoms. The zero-order valence-electron chi connectivity index (χ0n) is 13.8. The Morgan fingerprint density at radius 1 is 1.10 bits per heavy atom. The predicted molar refractivity (Wildman–Crippen MR) is 89.6 cm³/mol. The topological polar surface area (TPSA) is 15.3 Å². The molecule has 1 N–H and O–H groups in total. The van der Waals surface area contributed by atoms with Crippen LogP contribution in [0.15, 0.2) is 24.3 Å². The van der Waals surface area contributed by atoms with Crippen LogP contribution in [0, 0.1) is 6.92 Å². The van der Waals surface area contributed by atoms with Gasteiger partial charge < -0.3 is 5.32 Å². The van der Waals surface area contributed by atoms with Gasteiger partial charge in [-0.2, -0.15) is 0 Å². The van der Waals surface area contributed by atoms with E-state index >= 15 is 0 Å². The van der Waals surface area contributed by atoms with Crippen molar-refractivity contribution < 1.29 is 0 Å². The van der Waals surface area contributed by atoms with Crippen LogP contribution < -0.4 is 5.32 Å². The molecule has 2 fully saturated rings. The van der Waals surface area contributed by atoms with Crippen molar-refractivity contribution >= 4 is 0 Å². The third kappa shape index (κ3) is 3.17. The van der Waals surface area contributed by atoms with E-state index in [1.54, 1.807) is 0 Å². The van der Waals surface area contributed by atoms with Gasteiger partial charge in [0.25, 0.3) is 0 Å². The molecule has 21 heavy (non-hydrogen) atoms. The summed E-state index contributed by atoms with van der Waals surface area (Å²) >= 11 is 0. The Kier molecular flexibility index (Phi) is 4.66. The number of benzene rings is 1. The van der Waals surface area contributed by atoms with E-state index in [0.29, 0.717) is 6.04 Å². The lowest BCUT2D eigenvalue weighted by Crippen LogP contribution is -2.49. The Balaban J connectivity index is 1.78. The van der Waals surface area contributed by atoms with E-state index in [-0.39, 0.29) is 0 Å². The maximum Gasteiger partial charge on any atom is 0.0348 e. The maximum atomic E-state index is 3.78. The maximum absolute atomic E-state index is 3.78. The molecule has 2 heterocycles. The van der Waals surface area contributed by atoms with Gasteiger partial charge >= 0.3 is 0 Å². The first-order chi connectivity index (χ1) is 10.2. The number of nitrogens with zero attached hydrogens (tertiary/aromatic N) is 1. The molecule has 2 aliphatic rings. The number of hydrogen-bond donors (Lipinski definition) is 1. The van der Waals surface area contributed by atoms with E-state index in [1.807, 2.05) is 0 Å². The molecule has 0 aromatic heterocycles.